The maximum Gasteiger partial charge on any atom is 0.141 e. The van der Waals surface area contributed by atoms with Crippen molar-refractivity contribution in [1.29, 1.82) is 0 Å². The zero-order valence-corrected chi connectivity index (χ0v) is 11.9. The summed E-state index contributed by atoms with van der Waals surface area (Å²) >= 11 is 0. The van der Waals surface area contributed by atoms with Gasteiger partial charge in [-0.25, -0.2) is 0 Å². The van der Waals surface area contributed by atoms with Crippen LogP contribution in [0, 0.1) is 18.8 Å². The van der Waals surface area contributed by atoms with E-state index >= 15 is 0 Å². The second kappa shape index (κ2) is 6.73. The Balaban J connectivity index is 1.96. The lowest BCUT2D eigenvalue weighted by Crippen LogP contribution is -2.06. The van der Waals surface area contributed by atoms with Gasteiger partial charge in [-0.05, 0) is 37.1 Å². The molecule has 0 saturated heterocycles. The van der Waals surface area contributed by atoms with Crippen LogP contribution in [0.4, 0.5) is 0 Å². The van der Waals surface area contributed by atoms with E-state index in [0.29, 0.717) is 12.8 Å². The average Bonchev–Trinajstić information content (AvgIpc) is 2.44. The van der Waals surface area contributed by atoms with Crippen LogP contribution in [-0.4, -0.2) is 5.78 Å². The summed E-state index contributed by atoms with van der Waals surface area (Å²) in [5, 5.41) is 0. The second-order valence-corrected chi connectivity index (χ2v) is 4.95. The predicted octanol–water partition coefficient (Wildman–Crippen LogP) is 3.72. The lowest BCUT2D eigenvalue weighted by Gasteiger charge is -2.03. The molecule has 0 saturated carbocycles. The van der Waals surface area contributed by atoms with Crippen LogP contribution in [0.3, 0.4) is 0 Å². The van der Waals surface area contributed by atoms with E-state index < -0.39 is 0 Å². The molecule has 20 heavy (non-hydrogen) atoms. The van der Waals surface area contributed by atoms with E-state index in [1.54, 1.807) is 0 Å². The van der Waals surface area contributed by atoms with Crippen molar-refractivity contribution >= 4 is 5.78 Å². The van der Waals surface area contributed by atoms with Crippen LogP contribution in [0.25, 0.3) is 0 Å². The van der Waals surface area contributed by atoms with E-state index in [1.807, 2.05) is 62.4 Å². The number of rotatable bonds is 4. The molecular weight excluding hydrogens is 244 g/mol. The third-order valence-corrected chi connectivity index (χ3v) is 3.15. The SMILES string of the molecule is CC#Cc1ccc(CC(=O)Cc2ccc(C)cc2)cc1. The summed E-state index contributed by atoms with van der Waals surface area (Å²) in [5.74, 6) is 6.10. The summed E-state index contributed by atoms with van der Waals surface area (Å²) in [5.41, 5.74) is 4.33. The van der Waals surface area contributed by atoms with Crippen molar-refractivity contribution in [3.05, 3.63) is 70.8 Å². The normalized spacial score (nSPS) is 9.70. The number of hydrogen-bond acceptors (Lipinski definition) is 1. The van der Waals surface area contributed by atoms with E-state index in [2.05, 4.69) is 11.8 Å². The first-order valence-corrected chi connectivity index (χ1v) is 6.76. The lowest BCUT2D eigenvalue weighted by molar-refractivity contribution is -0.117. The number of carbonyl (C=O) groups excluding carboxylic acids is 1. The van der Waals surface area contributed by atoms with Crippen molar-refractivity contribution < 1.29 is 4.79 Å². The van der Waals surface area contributed by atoms with Crippen LogP contribution in [0.5, 0.6) is 0 Å². The van der Waals surface area contributed by atoms with Gasteiger partial charge in [0.05, 0.1) is 0 Å². The van der Waals surface area contributed by atoms with Gasteiger partial charge in [-0.1, -0.05) is 47.9 Å². The van der Waals surface area contributed by atoms with Gasteiger partial charge in [-0.2, -0.15) is 0 Å². The molecule has 0 aliphatic heterocycles. The van der Waals surface area contributed by atoms with E-state index in [4.69, 9.17) is 0 Å². The van der Waals surface area contributed by atoms with Crippen LogP contribution in [0.2, 0.25) is 0 Å². The fraction of sp³-hybridized carbons (Fsp3) is 0.211. The Hall–Kier alpha value is -2.33. The molecule has 0 spiro atoms. The highest BCUT2D eigenvalue weighted by molar-refractivity contribution is 5.83. The smallest absolute Gasteiger partial charge is 0.141 e. The summed E-state index contributed by atoms with van der Waals surface area (Å²) < 4.78 is 0. The van der Waals surface area contributed by atoms with Crippen molar-refractivity contribution in [3.63, 3.8) is 0 Å². The molecule has 0 aliphatic carbocycles. The van der Waals surface area contributed by atoms with Gasteiger partial charge in [-0.3, -0.25) is 4.79 Å². The molecular formula is C19H18O. The number of aryl methyl sites for hydroxylation is 1. The van der Waals surface area contributed by atoms with Gasteiger partial charge in [0.1, 0.15) is 5.78 Å². The summed E-state index contributed by atoms with van der Waals surface area (Å²) in [6.45, 7) is 3.87. The quantitative estimate of drug-likeness (QED) is 0.767. The van der Waals surface area contributed by atoms with Crippen LogP contribution < -0.4 is 0 Å². The van der Waals surface area contributed by atoms with Crippen molar-refractivity contribution in [2.75, 3.05) is 0 Å². The molecule has 0 fully saturated rings. The van der Waals surface area contributed by atoms with E-state index in [1.165, 1.54) is 5.56 Å². The van der Waals surface area contributed by atoms with Gasteiger partial charge < -0.3 is 0 Å². The number of hydrogen-bond donors (Lipinski definition) is 0. The van der Waals surface area contributed by atoms with Gasteiger partial charge in [0.15, 0.2) is 0 Å². The van der Waals surface area contributed by atoms with Crippen molar-refractivity contribution in [2.45, 2.75) is 26.7 Å². The highest BCUT2D eigenvalue weighted by Gasteiger charge is 2.05. The first-order chi connectivity index (χ1) is 9.67. The minimum atomic E-state index is 0.239. The molecule has 2 aromatic rings. The van der Waals surface area contributed by atoms with Crippen molar-refractivity contribution in [1.82, 2.24) is 0 Å². The zero-order chi connectivity index (χ0) is 14.4. The van der Waals surface area contributed by atoms with Gasteiger partial charge in [-0.15, -0.1) is 5.92 Å². The maximum atomic E-state index is 12.0. The molecule has 0 aliphatic rings. The molecule has 1 nitrogen and oxygen atoms in total. The van der Waals surface area contributed by atoms with E-state index in [-0.39, 0.29) is 5.78 Å². The maximum absolute atomic E-state index is 12.0. The number of Topliss-reactive ketones (excluding diaryl/α,β-unsaturated/α-hetero) is 1. The van der Waals surface area contributed by atoms with Crippen LogP contribution in [0.1, 0.15) is 29.2 Å². The largest absolute Gasteiger partial charge is 0.299 e. The van der Waals surface area contributed by atoms with Crippen molar-refractivity contribution in [3.8, 4) is 11.8 Å². The monoisotopic (exact) mass is 262 g/mol. The van der Waals surface area contributed by atoms with Crippen molar-refractivity contribution in [2.24, 2.45) is 0 Å². The van der Waals surface area contributed by atoms with E-state index in [9.17, 15) is 4.79 Å². The summed E-state index contributed by atoms with van der Waals surface area (Å²) in [6, 6.07) is 16.0. The molecule has 0 heterocycles. The third-order valence-electron chi connectivity index (χ3n) is 3.15. The Morgan fingerprint density at radius 2 is 1.40 bits per heavy atom. The second-order valence-electron chi connectivity index (χ2n) is 4.95. The third kappa shape index (κ3) is 4.10. The molecule has 0 bridgehead atoms. The Labute approximate surface area is 120 Å². The molecule has 0 aromatic heterocycles. The predicted molar refractivity (Wildman–Crippen MR) is 82.6 cm³/mol. The molecule has 2 rings (SSSR count). The molecule has 0 N–H and O–H groups in total. The molecule has 0 unspecified atom stereocenters. The standard InChI is InChI=1S/C19H18O/c1-3-4-16-9-11-18(12-10-16)14-19(20)13-17-7-5-15(2)6-8-17/h5-12H,13-14H2,1-2H3. The Bertz CT molecular complexity index is 637. The minimum absolute atomic E-state index is 0.239. The molecule has 0 amide bonds. The van der Waals surface area contributed by atoms with Crippen LogP contribution >= 0.6 is 0 Å². The Morgan fingerprint density at radius 1 is 0.900 bits per heavy atom. The summed E-state index contributed by atoms with van der Waals surface area (Å²) in [6.07, 6.45) is 0.977. The Morgan fingerprint density at radius 3 is 1.90 bits per heavy atom. The molecule has 0 radical (unpaired) electrons. The lowest BCUT2D eigenvalue weighted by atomic mass is 10.0. The van der Waals surface area contributed by atoms with Gasteiger partial charge in [0.25, 0.3) is 0 Å². The highest BCUT2D eigenvalue weighted by Crippen LogP contribution is 2.08. The number of ketones is 1. The molecule has 1 heteroatoms. The minimum Gasteiger partial charge on any atom is -0.299 e. The Kier molecular flexibility index (Phi) is 4.74. The first-order valence-electron chi connectivity index (χ1n) is 6.76. The molecule has 0 atom stereocenters. The summed E-state index contributed by atoms with van der Waals surface area (Å²) in [7, 11) is 0. The van der Waals surface area contributed by atoms with E-state index in [0.717, 1.165) is 16.7 Å². The van der Waals surface area contributed by atoms with Gasteiger partial charge >= 0.3 is 0 Å². The summed E-state index contributed by atoms with van der Waals surface area (Å²) in [4.78, 5) is 12.0. The fourth-order valence-corrected chi connectivity index (χ4v) is 2.07. The van der Waals surface area contributed by atoms with Crippen LogP contribution in [-0.2, 0) is 17.6 Å². The molecule has 2 aromatic carbocycles. The topological polar surface area (TPSA) is 17.1 Å². The van der Waals surface area contributed by atoms with Crippen LogP contribution in [0.15, 0.2) is 48.5 Å². The first kappa shape index (κ1) is 14.1. The number of benzene rings is 2. The van der Waals surface area contributed by atoms with Gasteiger partial charge in [0, 0.05) is 18.4 Å². The average molecular weight is 262 g/mol. The fourth-order valence-electron chi connectivity index (χ4n) is 2.07. The number of carbonyl (C=O) groups is 1. The molecule has 100 valence electrons. The highest BCUT2D eigenvalue weighted by atomic mass is 16.1. The van der Waals surface area contributed by atoms with Gasteiger partial charge in [0.2, 0.25) is 0 Å². The zero-order valence-electron chi connectivity index (χ0n) is 11.9.